The van der Waals surface area contributed by atoms with Gasteiger partial charge in [-0.15, -0.1) is 0 Å². The van der Waals surface area contributed by atoms with Gasteiger partial charge in [-0.25, -0.2) is 4.74 Å². The van der Waals surface area contributed by atoms with Gasteiger partial charge in [0.05, 0.1) is 0 Å². The average molecular weight is 233 g/mol. The van der Waals surface area contributed by atoms with Crippen LogP contribution in [0, 0.1) is 5.21 Å². The van der Waals surface area contributed by atoms with Crippen molar-refractivity contribution < 1.29 is 4.74 Å². The molecule has 17 heavy (non-hydrogen) atoms. The van der Waals surface area contributed by atoms with Crippen molar-refractivity contribution in [3.63, 3.8) is 0 Å². The zero-order chi connectivity index (χ0) is 12.7. The SMILES string of the molecule is CC(C)(C)/[N+]([O-])=C\CCCCc1ccccc1. The molecule has 2 nitrogen and oxygen atoms in total. The second-order valence-corrected chi connectivity index (χ2v) is 5.41. The molecule has 0 radical (unpaired) electrons. The summed E-state index contributed by atoms with van der Waals surface area (Å²) in [5.74, 6) is 0. The van der Waals surface area contributed by atoms with Gasteiger partial charge >= 0.3 is 0 Å². The van der Waals surface area contributed by atoms with Crippen molar-refractivity contribution in [1.82, 2.24) is 0 Å². The summed E-state index contributed by atoms with van der Waals surface area (Å²) in [5.41, 5.74) is 1.07. The van der Waals surface area contributed by atoms with Gasteiger partial charge in [0.2, 0.25) is 0 Å². The molecule has 0 bridgehead atoms. The third-order valence-corrected chi connectivity index (χ3v) is 2.72. The minimum atomic E-state index is -0.306. The van der Waals surface area contributed by atoms with Crippen LogP contribution in [-0.4, -0.2) is 16.5 Å². The second kappa shape index (κ2) is 6.43. The number of aryl methyl sites for hydroxylation is 1. The lowest BCUT2D eigenvalue weighted by molar-refractivity contribution is -0.532. The van der Waals surface area contributed by atoms with Gasteiger partial charge in [0.25, 0.3) is 0 Å². The van der Waals surface area contributed by atoms with Crippen LogP contribution in [0.2, 0.25) is 0 Å². The lowest BCUT2D eigenvalue weighted by atomic mass is 10.1. The summed E-state index contributed by atoms with van der Waals surface area (Å²) in [7, 11) is 0. The van der Waals surface area contributed by atoms with Gasteiger partial charge in [-0.2, -0.15) is 0 Å². The van der Waals surface area contributed by atoms with Crippen LogP contribution in [0.3, 0.4) is 0 Å². The normalized spacial score (nSPS) is 12.8. The standard InChI is InChI=1S/C15H23NO/c1-15(2,3)16(17)13-9-5-8-12-14-10-6-4-7-11-14/h4,6-7,10-11,13H,5,8-9,12H2,1-3H3/b16-13+. The van der Waals surface area contributed by atoms with Crippen molar-refractivity contribution >= 4 is 6.21 Å². The molecule has 0 aromatic heterocycles. The Morgan fingerprint density at radius 2 is 1.76 bits per heavy atom. The molecule has 0 unspecified atom stereocenters. The monoisotopic (exact) mass is 233 g/mol. The van der Waals surface area contributed by atoms with Crippen LogP contribution in [0.1, 0.15) is 45.6 Å². The molecular weight excluding hydrogens is 210 g/mol. The van der Waals surface area contributed by atoms with Crippen molar-refractivity contribution in [1.29, 1.82) is 0 Å². The maximum atomic E-state index is 11.6. The zero-order valence-electron chi connectivity index (χ0n) is 11.1. The van der Waals surface area contributed by atoms with Gasteiger partial charge in [0.1, 0.15) is 0 Å². The van der Waals surface area contributed by atoms with Crippen molar-refractivity contribution in [3.05, 3.63) is 41.1 Å². The Balaban J connectivity index is 2.22. The third-order valence-electron chi connectivity index (χ3n) is 2.72. The zero-order valence-corrected chi connectivity index (χ0v) is 11.1. The quantitative estimate of drug-likeness (QED) is 0.250. The highest BCUT2D eigenvalue weighted by atomic mass is 16.5. The van der Waals surface area contributed by atoms with E-state index in [-0.39, 0.29) is 5.54 Å². The largest absolute Gasteiger partial charge is 0.624 e. The number of unbranched alkanes of at least 4 members (excludes halogenated alkanes) is 2. The van der Waals surface area contributed by atoms with E-state index in [9.17, 15) is 5.21 Å². The molecule has 0 saturated carbocycles. The molecule has 1 rings (SSSR count). The fourth-order valence-electron chi connectivity index (χ4n) is 1.60. The molecular formula is C15H23NO. The van der Waals surface area contributed by atoms with Crippen LogP contribution < -0.4 is 0 Å². The van der Waals surface area contributed by atoms with Crippen molar-refractivity contribution in [3.8, 4) is 0 Å². The third kappa shape index (κ3) is 5.53. The number of benzene rings is 1. The molecule has 0 amide bonds. The first-order valence-corrected chi connectivity index (χ1v) is 6.34. The minimum Gasteiger partial charge on any atom is -0.624 e. The fraction of sp³-hybridized carbons (Fsp3) is 0.533. The molecule has 0 heterocycles. The summed E-state index contributed by atoms with van der Waals surface area (Å²) in [6.45, 7) is 5.79. The Morgan fingerprint density at radius 1 is 1.12 bits per heavy atom. The maximum Gasteiger partial charge on any atom is 0.164 e. The number of hydrogen-bond donors (Lipinski definition) is 0. The van der Waals surface area contributed by atoms with E-state index in [1.54, 1.807) is 6.21 Å². The molecule has 0 saturated heterocycles. The summed E-state index contributed by atoms with van der Waals surface area (Å²) in [6, 6.07) is 10.5. The highest BCUT2D eigenvalue weighted by Gasteiger charge is 2.17. The van der Waals surface area contributed by atoms with Crippen LogP contribution in [0.25, 0.3) is 0 Å². The first-order valence-electron chi connectivity index (χ1n) is 6.34. The van der Waals surface area contributed by atoms with Gasteiger partial charge in [0.15, 0.2) is 11.8 Å². The molecule has 1 aromatic rings. The summed E-state index contributed by atoms with van der Waals surface area (Å²) < 4.78 is 1.06. The predicted octanol–water partition coefficient (Wildman–Crippen LogP) is 3.78. The van der Waals surface area contributed by atoms with E-state index >= 15 is 0 Å². The number of hydrogen-bond acceptors (Lipinski definition) is 1. The molecule has 2 heteroatoms. The molecule has 0 spiro atoms. The summed E-state index contributed by atoms with van der Waals surface area (Å²) in [5, 5.41) is 11.6. The van der Waals surface area contributed by atoms with Crippen LogP contribution in [-0.2, 0) is 6.42 Å². The smallest absolute Gasteiger partial charge is 0.164 e. The van der Waals surface area contributed by atoms with Crippen molar-refractivity contribution in [2.45, 2.75) is 52.0 Å². The molecule has 0 aliphatic carbocycles. The average Bonchev–Trinajstić information content (AvgIpc) is 2.28. The number of nitrogens with zero attached hydrogens (tertiary/aromatic N) is 1. The maximum absolute atomic E-state index is 11.6. The van der Waals surface area contributed by atoms with E-state index in [4.69, 9.17) is 0 Å². The molecule has 0 aliphatic heterocycles. The van der Waals surface area contributed by atoms with Gasteiger partial charge < -0.3 is 5.21 Å². The Labute approximate surface area is 105 Å². The van der Waals surface area contributed by atoms with Crippen LogP contribution >= 0.6 is 0 Å². The van der Waals surface area contributed by atoms with Crippen molar-refractivity contribution in [2.24, 2.45) is 0 Å². The highest BCUT2D eigenvalue weighted by Crippen LogP contribution is 2.07. The van der Waals surface area contributed by atoms with Gasteiger partial charge in [-0.3, -0.25) is 0 Å². The van der Waals surface area contributed by atoms with Crippen LogP contribution in [0.4, 0.5) is 0 Å². The first-order chi connectivity index (χ1) is 8.00. The highest BCUT2D eigenvalue weighted by molar-refractivity contribution is 5.51. The Kier molecular flexibility index (Phi) is 5.20. The Hall–Kier alpha value is -1.31. The topological polar surface area (TPSA) is 26.1 Å². The molecule has 0 fully saturated rings. The Morgan fingerprint density at radius 3 is 2.35 bits per heavy atom. The van der Waals surface area contributed by atoms with E-state index in [0.717, 1.165) is 30.4 Å². The summed E-state index contributed by atoms with van der Waals surface area (Å²) >= 11 is 0. The second-order valence-electron chi connectivity index (χ2n) is 5.41. The predicted molar refractivity (Wildman–Crippen MR) is 73.4 cm³/mol. The fourth-order valence-corrected chi connectivity index (χ4v) is 1.60. The van der Waals surface area contributed by atoms with E-state index in [2.05, 4.69) is 24.3 Å². The summed E-state index contributed by atoms with van der Waals surface area (Å²) in [4.78, 5) is 0. The minimum absolute atomic E-state index is 0.306. The Bertz CT molecular complexity index is 349. The van der Waals surface area contributed by atoms with E-state index < -0.39 is 0 Å². The van der Waals surface area contributed by atoms with E-state index in [0.29, 0.717) is 0 Å². The van der Waals surface area contributed by atoms with Gasteiger partial charge in [0, 0.05) is 27.2 Å². The molecule has 0 aliphatic rings. The summed E-state index contributed by atoms with van der Waals surface area (Å²) in [6.07, 6.45) is 5.95. The van der Waals surface area contributed by atoms with Crippen LogP contribution in [0.15, 0.2) is 30.3 Å². The molecule has 0 atom stereocenters. The first kappa shape index (κ1) is 13.8. The van der Waals surface area contributed by atoms with E-state index in [1.807, 2.05) is 26.8 Å². The van der Waals surface area contributed by atoms with Crippen molar-refractivity contribution in [2.75, 3.05) is 0 Å². The molecule has 1 aromatic carbocycles. The van der Waals surface area contributed by atoms with Gasteiger partial charge in [-0.05, 0) is 24.8 Å². The van der Waals surface area contributed by atoms with Gasteiger partial charge in [-0.1, -0.05) is 30.3 Å². The molecule has 94 valence electrons. The molecule has 0 N–H and O–H groups in total. The number of rotatable bonds is 5. The van der Waals surface area contributed by atoms with Crippen LogP contribution in [0.5, 0.6) is 0 Å². The van der Waals surface area contributed by atoms with E-state index in [1.165, 1.54) is 5.56 Å². The lowest BCUT2D eigenvalue weighted by Crippen LogP contribution is -2.29. The number of hydroxylamine groups is 1. The lowest BCUT2D eigenvalue weighted by Gasteiger charge is -2.18.